The fraction of sp³-hybridized carbons (Fsp3) is 0.300. The van der Waals surface area contributed by atoms with Crippen LogP contribution >= 0.6 is 15.9 Å². The highest BCUT2D eigenvalue weighted by Gasteiger charge is 2.25. The van der Waals surface area contributed by atoms with Crippen LogP contribution < -0.4 is 5.73 Å². The zero-order valence-corrected chi connectivity index (χ0v) is 19.0. The number of nitrogen functional groups attached to an aromatic ring is 1. The van der Waals surface area contributed by atoms with Gasteiger partial charge in [0.15, 0.2) is 5.82 Å². The standard InChI is InChI=1S/C20H22BrF2N3O2Si/c1-29(2,3)7-6-28-11-26-10-14(13-8-12(21)9-25-20(13)26)19(27)17-15(22)4-5-16(24)18(17)23/h4-5,8-10H,6-7,11,24H2,1-3H3. The van der Waals surface area contributed by atoms with Gasteiger partial charge >= 0.3 is 0 Å². The summed E-state index contributed by atoms with van der Waals surface area (Å²) in [7, 11) is -1.24. The molecule has 0 saturated heterocycles. The normalized spacial score (nSPS) is 11.9. The Morgan fingerprint density at radius 1 is 1.31 bits per heavy atom. The summed E-state index contributed by atoms with van der Waals surface area (Å²) in [5.74, 6) is -2.82. The van der Waals surface area contributed by atoms with Gasteiger partial charge in [0.2, 0.25) is 5.78 Å². The van der Waals surface area contributed by atoms with Crippen molar-refractivity contribution < 1.29 is 18.3 Å². The zero-order valence-electron chi connectivity index (χ0n) is 16.4. The van der Waals surface area contributed by atoms with E-state index in [4.69, 9.17) is 10.5 Å². The second kappa shape index (κ2) is 8.33. The molecule has 2 aromatic heterocycles. The highest BCUT2D eigenvalue weighted by Crippen LogP contribution is 2.28. The predicted octanol–water partition coefficient (Wildman–Crippen LogP) is 5.20. The van der Waals surface area contributed by atoms with Gasteiger partial charge in [0.1, 0.15) is 18.2 Å². The lowest BCUT2D eigenvalue weighted by Crippen LogP contribution is -2.22. The molecule has 0 unspecified atom stereocenters. The average molecular weight is 482 g/mol. The van der Waals surface area contributed by atoms with Crippen molar-refractivity contribution in [3.8, 4) is 0 Å². The maximum atomic E-state index is 14.4. The molecule has 0 atom stereocenters. The van der Waals surface area contributed by atoms with Gasteiger partial charge in [-0.1, -0.05) is 19.6 Å². The molecule has 0 aliphatic carbocycles. The number of hydrogen-bond donors (Lipinski definition) is 1. The van der Waals surface area contributed by atoms with Gasteiger partial charge in [0, 0.05) is 36.9 Å². The van der Waals surface area contributed by atoms with E-state index in [0.29, 0.717) is 22.1 Å². The predicted molar refractivity (Wildman–Crippen MR) is 116 cm³/mol. The van der Waals surface area contributed by atoms with Gasteiger partial charge in [-0.05, 0) is 40.2 Å². The van der Waals surface area contributed by atoms with Crippen molar-refractivity contribution in [2.75, 3.05) is 12.3 Å². The molecule has 0 bridgehead atoms. The van der Waals surface area contributed by atoms with Crippen molar-refractivity contribution in [2.24, 2.45) is 0 Å². The minimum absolute atomic E-state index is 0.131. The van der Waals surface area contributed by atoms with Crippen LogP contribution in [0.4, 0.5) is 14.5 Å². The number of aromatic nitrogens is 2. The molecule has 0 fully saturated rings. The Hall–Kier alpha value is -2.10. The third-order valence-corrected chi connectivity index (χ3v) is 6.64. The third-order valence-electron chi connectivity index (χ3n) is 4.50. The molecule has 0 spiro atoms. The first kappa shape index (κ1) is 21.6. The SMILES string of the molecule is C[Si](C)(C)CCOCn1cc(C(=O)c2c(F)ccc(N)c2F)c2cc(Br)cnc21. The first-order valence-corrected chi connectivity index (χ1v) is 13.6. The molecule has 0 saturated carbocycles. The number of pyridine rings is 1. The highest BCUT2D eigenvalue weighted by atomic mass is 79.9. The number of halogens is 3. The van der Waals surface area contributed by atoms with Gasteiger partial charge in [0.05, 0.1) is 16.8 Å². The zero-order chi connectivity index (χ0) is 21.3. The second-order valence-corrected chi connectivity index (χ2v) is 14.6. The Morgan fingerprint density at radius 2 is 2.03 bits per heavy atom. The molecule has 0 aliphatic rings. The Bertz CT molecular complexity index is 1080. The van der Waals surface area contributed by atoms with Gasteiger partial charge in [-0.2, -0.15) is 0 Å². The van der Waals surface area contributed by atoms with Crippen molar-refractivity contribution >= 4 is 46.5 Å². The molecule has 154 valence electrons. The van der Waals surface area contributed by atoms with Crippen LogP contribution in [0.5, 0.6) is 0 Å². The molecule has 9 heteroatoms. The monoisotopic (exact) mass is 481 g/mol. The van der Waals surface area contributed by atoms with Crippen LogP contribution in [0.25, 0.3) is 11.0 Å². The number of carbonyl (C=O) groups is 1. The lowest BCUT2D eigenvalue weighted by atomic mass is 10.0. The van der Waals surface area contributed by atoms with E-state index >= 15 is 0 Å². The van der Waals surface area contributed by atoms with Crippen molar-refractivity contribution in [2.45, 2.75) is 32.4 Å². The number of ketones is 1. The second-order valence-electron chi connectivity index (χ2n) is 8.04. The number of anilines is 1. The van der Waals surface area contributed by atoms with Crippen LogP contribution in [0.1, 0.15) is 15.9 Å². The van der Waals surface area contributed by atoms with Gasteiger partial charge in [-0.25, -0.2) is 13.8 Å². The lowest BCUT2D eigenvalue weighted by molar-refractivity contribution is 0.0896. The van der Waals surface area contributed by atoms with Crippen LogP contribution in [-0.4, -0.2) is 30.0 Å². The summed E-state index contributed by atoms with van der Waals surface area (Å²) in [4.78, 5) is 17.4. The van der Waals surface area contributed by atoms with E-state index in [2.05, 4.69) is 40.6 Å². The maximum Gasteiger partial charge on any atom is 0.201 e. The van der Waals surface area contributed by atoms with E-state index in [1.807, 2.05) is 0 Å². The molecule has 3 rings (SSSR count). The molecule has 2 heterocycles. The summed E-state index contributed by atoms with van der Waals surface area (Å²) in [6.45, 7) is 7.54. The Labute approximate surface area is 177 Å². The minimum atomic E-state index is -1.24. The molecular formula is C20H22BrF2N3O2Si. The van der Waals surface area contributed by atoms with Gasteiger partial charge in [-0.3, -0.25) is 4.79 Å². The fourth-order valence-electron chi connectivity index (χ4n) is 2.88. The summed E-state index contributed by atoms with van der Waals surface area (Å²) in [5.41, 5.74) is 5.19. The first-order chi connectivity index (χ1) is 13.6. The van der Waals surface area contributed by atoms with Gasteiger partial charge in [0.25, 0.3) is 0 Å². The van der Waals surface area contributed by atoms with Gasteiger partial charge in [-0.15, -0.1) is 0 Å². The Morgan fingerprint density at radius 3 is 2.72 bits per heavy atom. The maximum absolute atomic E-state index is 14.4. The van der Waals surface area contributed by atoms with Crippen LogP contribution in [-0.2, 0) is 11.5 Å². The fourth-order valence-corrected chi connectivity index (χ4v) is 3.97. The van der Waals surface area contributed by atoms with Crippen LogP contribution in [0, 0.1) is 11.6 Å². The largest absolute Gasteiger partial charge is 0.396 e. The van der Waals surface area contributed by atoms with E-state index in [0.717, 1.165) is 18.2 Å². The van der Waals surface area contributed by atoms with E-state index in [-0.39, 0.29) is 18.0 Å². The summed E-state index contributed by atoms with van der Waals surface area (Å²) in [6, 6.07) is 4.76. The summed E-state index contributed by atoms with van der Waals surface area (Å²) < 4.78 is 36.7. The number of rotatable bonds is 7. The molecule has 2 N–H and O–H groups in total. The van der Waals surface area contributed by atoms with E-state index in [1.54, 1.807) is 16.8 Å². The average Bonchev–Trinajstić information content (AvgIpc) is 2.99. The minimum Gasteiger partial charge on any atom is -0.396 e. The van der Waals surface area contributed by atoms with Crippen molar-refractivity contribution in [3.63, 3.8) is 0 Å². The van der Waals surface area contributed by atoms with E-state index < -0.39 is 31.1 Å². The molecular weight excluding hydrogens is 460 g/mol. The molecule has 3 aromatic rings. The molecule has 5 nitrogen and oxygen atoms in total. The molecule has 1 aromatic carbocycles. The van der Waals surface area contributed by atoms with Crippen LogP contribution in [0.3, 0.4) is 0 Å². The van der Waals surface area contributed by atoms with Crippen LogP contribution in [0.15, 0.2) is 35.1 Å². The number of ether oxygens (including phenoxy) is 1. The molecule has 0 amide bonds. The summed E-state index contributed by atoms with van der Waals surface area (Å²) in [6.07, 6.45) is 3.11. The summed E-state index contributed by atoms with van der Waals surface area (Å²) >= 11 is 3.33. The van der Waals surface area contributed by atoms with Crippen LogP contribution in [0.2, 0.25) is 25.7 Å². The number of nitrogens with two attached hydrogens (primary N) is 1. The van der Waals surface area contributed by atoms with Crippen molar-refractivity contribution in [3.05, 3.63) is 57.8 Å². The number of fused-ring (bicyclic) bond motifs is 1. The van der Waals surface area contributed by atoms with Crippen molar-refractivity contribution in [1.29, 1.82) is 0 Å². The first-order valence-electron chi connectivity index (χ1n) is 9.09. The number of hydrogen-bond acceptors (Lipinski definition) is 4. The number of nitrogens with zero attached hydrogens (tertiary/aromatic N) is 2. The van der Waals surface area contributed by atoms with E-state index in [1.165, 1.54) is 6.20 Å². The van der Waals surface area contributed by atoms with Crippen molar-refractivity contribution in [1.82, 2.24) is 9.55 Å². The number of carbonyl (C=O) groups excluding carboxylic acids is 1. The highest BCUT2D eigenvalue weighted by molar-refractivity contribution is 9.10. The Kier molecular flexibility index (Phi) is 6.21. The van der Waals surface area contributed by atoms with Gasteiger partial charge < -0.3 is 15.0 Å². The Balaban J connectivity index is 1.99. The lowest BCUT2D eigenvalue weighted by Gasteiger charge is -2.15. The quantitative estimate of drug-likeness (QED) is 0.218. The molecule has 0 radical (unpaired) electrons. The summed E-state index contributed by atoms with van der Waals surface area (Å²) in [5, 5.41) is 0.472. The van der Waals surface area contributed by atoms with E-state index in [9.17, 15) is 13.6 Å². The number of benzene rings is 1. The smallest absolute Gasteiger partial charge is 0.201 e. The third kappa shape index (κ3) is 4.73. The topological polar surface area (TPSA) is 70.1 Å². The molecule has 29 heavy (non-hydrogen) atoms. The molecule has 0 aliphatic heterocycles.